The van der Waals surface area contributed by atoms with Crippen molar-refractivity contribution in [2.24, 2.45) is 5.92 Å². The Bertz CT molecular complexity index is 704. The summed E-state index contributed by atoms with van der Waals surface area (Å²) in [6.07, 6.45) is 3.27. The van der Waals surface area contributed by atoms with Gasteiger partial charge in [-0.1, -0.05) is 13.8 Å². The second-order valence-electron chi connectivity index (χ2n) is 6.39. The molecule has 0 aromatic carbocycles. The van der Waals surface area contributed by atoms with E-state index >= 15 is 0 Å². The maximum absolute atomic E-state index is 12.4. The van der Waals surface area contributed by atoms with Gasteiger partial charge in [0.05, 0.1) is 0 Å². The van der Waals surface area contributed by atoms with Crippen LogP contribution in [-0.4, -0.2) is 54.4 Å². The second-order valence-corrected chi connectivity index (χ2v) is 8.10. The molecule has 9 heteroatoms. The molecule has 1 aliphatic heterocycles. The number of aliphatic carboxylic acids is 1. The first-order valence-electron chi connectivity index (χ1n) is 7.93. The van der Waals surface area contributed by atoms with Crippen LogP contribution in [0.2, 0.25) is 0 Å². The number of nitrogens with one attached hydrogen (secondary N) is 2. The lowest BCUT2D eigenvalue weighted by Crippen LogP contribution is -2.41. The molecule has 1 aliphatic rings. The van der Waals surface area contributed by atoms with Gasteiger partial charge in [0, 0.05) is 19.3 Å². The van der Waals surface area contributed by atoms with Crippen LogP contribution in [0, 0.1) is 5.92 Å². The molecule has 1 aromatic rings. The largest absolute Gasteiger partial charge is 0.480 e. The predicted molar refractivity (Wildman–Crippen MR) is 87.1 cm³/mol. The van der Waals surface area contributed by atoms with E-state index in [2.05, 4.69) is 9.71 Å². The summed E-state index contributed by atoms with van der Waals surface area (Å²) in [5.74, 6) is -1.45. The van der Waals surface area contributed by atoms with E-state index in [4.69, 9.17) is 0 Å². The summed E-state index contributed by atoms with van der Waals surface area (Å²) in [6.45, 7) is 4.95. The average Bonchev–Trinajstić information content (AvgIpc) is 3.17. The van der Waals surface area contributed by atoms with Gasteiger partial charge in [0.25, 0.3) is 5.91 Å². The fourth-order valence-electron chi connectivity index (χ4n) is 2.67. The molecule has 1 saturated heterocycles. The predicted octanol–water partition coefficient (Wildman–Crippen LogP) is 1.03. The van der Waals surface area contributed by atoms with Crippen LogP contribution in [0.3, 0.4) is 0 Å². The van der Waals surface area contributed by atoms with Crippen molar-refractivity contribution in [2.75, 3.05) is 13.1 Å². The van der Waals surface area contributed by atoms with Gasteiger partial charge in [-0.2, -0.15) is 4.72 Å². The highest BCUT2D eigenvalue weighted by molar-refractivity contribution is 7.89. The minimum atomic E-state index is -4.02. The molecule has 3 N–H and O–H groups in total. The Morgan fingerprint density at radius 3 is 2.50 bits per heavy atom. The summed E-state index contributed by atoms with van der Waals surface area (Å²) in [7, 11) is -4.02. The van der Waals surface area contributed by atoms with E-state index in [1.54, 1.807) is 4.90 Å². The van der Waals surface area contributed by atoms with Crippen molar-refractivity contribution in [3.05, 3.63) is 18.0 Å². The van der Waals surface area contributed by atoms with Gasteiger partial charge in [-0.05, 0) is 31.2 Å². The van der Waals surface area contributed by atoms with Gasteiger partial charge < -0.3 is 15.0 Å². The van der Waals surface area contributed by atoms with Crippen LogP contribution >= 0.6 is 0 Å². The van der Waals surface area contributed by atoms with Gasteiger partial charge >= 0.3 is 5.97 Å². The van der Waals surface area contributed by atoms with Crippen LogP contribution in [0.1, 0.15) is 43.6 Å². The third-order valence-corrected chi connectivity index (χ3v) is 5.34. The normalized spacial score (nSPS) is 16.5. The number of carbonyl (C=O) groups excluding carboxylic acids is 1. The Labute approximate surface area is 141 Å². The highest BCUT2D eigenvalue weighted by Crippen LogP contribution is 2.17. The molecule has 0 spiro atoms. The van der Waals surface area contributed by atoms with Gasteiger partial charge in [-0.25, -0.2) is 8.42 Å². The van der Waals surface area contributed by atoms with Gasteiger partial charge in [0.15, 0.2) is 0 Å². The molecular weight excluding hydrogens is 334 g/mol. The van der Waals surface area contributed by atoms with Gasteiger partial charge in [0.1, 0.15) is 16.6 Å². The van der Waals surface area contributed by atoms with Crippen molar-refractivity contribution in [2.45, 2.75) is 44.0 Å². The number of rotatable bonds is 7. The smallest absolute Gasteiger partial charge is 0.321 e. The molecule has 0 aliphatic carbocycles. The number of carbonyl (C=O) groups is 2. The minimum absolute atomic E-state index is 0.0207. The second kappa shape index (κ2) is 7.35. The molecule has 0 saturated carbocycles. The molecule has 2 rings (SSSR count). The van der Waals surface area contributed by atoms with E-state index in [0.717, 1.165) is 12.8 Å². The Kier molecular flexibility index (Phi) is 5.66. The lowest BCUT2D eigenvalue weighted by Gasteiger charge is -2.16. The zero-order valence-electron chi connectivity index (χ0n) is 13.8. The number of sulfonamides is 1. The number of amides is 1. The first kappa shape index (κ1) is 18.5. The first-order valence-corrected chi connectivity index (χ1v) is 9.42. The van der Waals surface area contributed by atoms with Gasteiger partial charge in [-0.15, -0.1) is 0 Å². The molecule has 1 atom stereocenters. The molecule has 0 radical (unpaired) electrons. The summed E-state index contributed by atoms with van der Waals surface area (Å²) in [5.41, 5.74) is 0.188. The van der Waals surface area contributed by atoms with E-state index in [9.17, 15) is 23.1 Å². The number of carboxylic acids is 1. The summed E-state index contributed by atoms with van der Waals surface area (Å²) in [5, 5.41) is 9.17. The fourth-order valence-corrected chi connectivity index (χ4v) is 3.86. The molecule has 0 unspecified atom stereocenters. The SMILES string of the molecule is CC(C)C[C@@H](NS(=O)(=O)c1c[nH]c(C(=O)N2CCCC2)c1)C(=O)O. The third kappa shape index (κ3) is 4.35. The lowest BCUT2D eigenvalue weighted by atomic mass is 10.1. The van der Waals surface area contributed by atoms with E-state index in [1.165, 1.54) is 12.3 Å². The highest BCUT2D eigenvalue weighted by Gasteiger charge is 2.28. The number of aromatic amines is 1. The van der Waals surface area contributed by atoms with Crippen LogP contribution in [0.4, 0.5) is 0 Å². The minimum Gasteiger partial charge on any atom is -0.480 e. The Morgan fingerprint density at radius 2 is 1.96 bits per heavy atom. The number of nitrogens with zero attached hydrogens (tertiary/aromatic N) is 1. The summed E-state index contributed by atoms with van der Waals surface area (Å²) in [4.78, 5) is 27.7. The number of carboxylic acid groups (broad SMARTS) is 1. The highest BCUT2D eigenvalue weighted by atomic mass is 32.2. The molecule has 2 heterocycles. The molecule has 134 valence electrons. The topological polar surface area (TPSA) is 120 Å². The monoisotopic (exact) mass is 357 g/mol. The van der Waals surface area contributed by atoms with Gasteiger partial charge in [0.2, 0.25) is 10.0 Å². The maximum atomic E-state index is 12.4. The Balaban J connectivity index is 2.14. The number of H-pyrrole nitrogens is 1. The average molecular weight is 357 g/mol. The maximum Gasteiger partial charge on any atom is 0.321 e. The molecule has 1 amide bonds. The standard InChI is InChI=1S/C15H23N3O5S/c1-10(2)7-13(15(20)21)17-24(22,23)11-8-12(16-9-11)14(19)18-5-3-4-6-18/h8-10,13,16-17H,3-7H2,1-2H3,(H,20,21)/t13-/m1/s1. The van der Waals surface area contributed by atoms with Crippen molar-refractivity contribution in [1.82, 2.24) is 14.6 Å². The Hall–Kier alpha value is -1.87. The van der Waals surface area contributed by atoms with E-state index < -0.39 is 22.0 Å². The van der Waals surface area contributed by atoms with E-state index in [0.29, 0.717) is 13.1 Å². The van der Waals surface area contributed by atoms with Crippen LogP contribution in [0.25, 0.3) is 0 Å². The zero-order chi connectivity index (χ0) is 17.9. The molecule has 0 bridgehead atoms. The number of hydrogen-bond acceptors (Lipinski definition) is 4. The summed E-state index contributed by atoms with van der Waals surface area (Å²) in [6, 6.07) is 0.0414. The van der Waals surface area contributed by atoms with Crippen LogP contribution in [0.15, 0.2) is 17.2 Å². The lowest BCUT2D eigenvalue weighted by molar-refractivity contribution is -0.139. The van der Waals surface area contributed by atoms with Crippen LogP contribution in [-0.2, 0) is 14.8 Å². The molecule has 1 fully saturated rings. The fraction of sp³-hybridized carbons (Fsp3) is 0.600. The Morgan fingerprint density at radius 1 is 1.33 bits per heavy atom. The third-order valence-electron chi connectivity index (χ3n) is 3.89. The molecular formula is C15H23N3O5S. The molecule has 24 heavy (non-hydrogen) atoms. The zero-order valence-corrected chi connectivity index (χ0v) is 14.6. The summed E-state index contributed by atoms with van der Waals surface area (Å²) >= 11 is 0. The van der Waals surface area contributed by atoms with Crippen molar-refractivity contribution >= 4 is 21.9 Å². The van der Waals surface area contributed by atoms with Crippen molar-refractivity contribution < 1.29 is 23.1 Å². The molecule has 1 aromatic heterocycles. The quantitative estimate of drug-likeness (QED) is 0.673. The van der Waals surface area contributed by atoms with Crippen molar-refractivity contribution in [3.8, 4) is 0 Å². The van der Waals surface area contributed by atoms with Crippen molar-refractivity contribution in [3.63, 3.8) is 0 Å². The summed E-state index contributed by atoms with van der Waals surface area (Å²) < 4.78 is 26.9. The van der Waals surface area contributed by atoms with E-state index in [-0.39, 0.29) is 28.8 Å². The number of likely N-dealkylation sites (tertiary alicyclic amines) is 1. The number of hydrogen-bond donors (Lipinski definition) is 3. The van der Waals surface area contributed by atoms with Crippen LogP contribution in [0.5, 0.6) is 0 Å². The number of aromatic nitrogens is 1. The van der Waals surface area contributed by atoms with E-state index in [1.807, 2.05) is 13.8 Å². The van der Waals surface area contributed by atoms with Crippen molar-refractivity contribution in [1.29, 1.82) is 0 Å². The van der Waals surface area contributed by atoms with Gasteiger partial charge in [-0.3, -0.25) is 9.59 Å². The van der Waals surface area contributed by atoms with Crippen LogP contribution < -0.4 is 4.72 Å². The molecule has 8 nitrogen and oxygen atoms in total. The first-order chi connectivity index (χ1) is 11.2.